The Morgan fingerprint density at radius 2 is 0.629 bits per heavy atom. The van der Waals surface area contributed by atoms with Crippen LogP contribution in [0.25, 0.3) is 119 Å². The van der Waals surface area contributed by atoms with Crippen LogP contribution in [0.5, 0.6) is 0 Å². The van der Waals surface area contributed by atoms with Crippen LogP contribution in [0.1, 0.15) is 0 Å². The molecule has 0 spiro atoms. The fourth-order valence-corrected chi connectivity index (χ4v) is 10.7. The molecule has 0 amide bonds. The Morgan fingerprint density at radius 1 is 0.258 bits per heavy atom. The number of thiophene rings is 2. The first kappa shape index (κ1) is 36.2. The average Bonchev–Trinajstić information content (AvgIpc) is 3.93. The van der Waals surface area contributed by atoms with Crippen LogP contribution in [0, 0.1) is 0 Å². The van der Waals surface area contributed by atoms with Gasteiger partial charge in [0.2, 0.25) is 0 Å². The number of hydrogen-bond donors (Lipinski definition) is 0. The predicted octanol–water partition coefficient (Wildman–Crippen LogP) is 15.7. The van der Waals surface area contributed by atoms with Crippen LogP contribution in [0.15, 0.2) is 206 Å². The molecule has 0 bridgehead atoms. The summed E-state index contributed by atoms with van der Waals surface area (Å²) < 4.78 is 2.41. The highest BCUT2D eigenvalue weighted by molar-refractivity contribution is 7.26. The third kappa shape index (κ3) is 6.45. The Kier molecular flexibility index (Phi) is 8.84. The van der Waals surface area contributed by atoms with Crippen LogP contribution in [0.3, 0.4) is 0 Å². The van der Waals surface area contributed by atoms with Crippen LogP contribution in [0.4, 0.5) is 0 Å². The summed E-state index contributed by atoms with van der Waals surface area (Å²) in [6.45, 7) is 0. The molecule has 62 heavy (non-hydrogen) atoms. The van der Waals surface area contributed by atoms with Crippen molar-refractivity contribution in [3.8, 4) is 78.7 Å². The molecular weight excluding hydrogens is 793 g/mol. The maximum atomic E-state index is 5.32. The Balaban J connectivity index is 0.909. The van der Waals surface area contributed by atoms with Crippen LogP contribution in [-0.2, 0) is 0 Å². The number of rotatable bonds is 7. The lowest BCUT2D eigenvalue weighted by Crippen LogP contribution is -1.94. The maximum absolute atomic E-state index is 5.32. The predicted molar refractivity (Wildman–Crippen MR) is 261 cm³/mol. The Morgan fingerprint density at radius 3 is 1.18 bits per heavy atom. The zero-order chi connectivity index (χ0) is 41.0. The third-order valence-electron chi connectivity index (χ3n) is 11.6. The van der Waals surface area contributed by atoms with E-state index in [-0.39, 0.29) is 0 Å². The van der Waals surface area contributed by atoms with Crippen molar-refractivity contribution >= 4 is 63.3 Å². The van der Waals surface area contributed by atoms with Gasteiger partial charge in [-0.05, 0) is 57.6 Å². The van der Waals surface area contributed by atoms with Crippen molar-refractivity contribution < 1.29 is 0 Å². The van der Waals surface area contributed by atoms with Gasteiger partial charge >= 0.3 is 0 Å². The molecule has 0 unspecified atom stereocenters. The Bertz CT molecular complexity index is 3610. The van der Waals surface area contributed by atoms with Gasteiger partial charge in [-0.2, -0.15) is 0 Å². The SMILES string of the molecule is c1ccc(-c2cccc(-c3nc(-c4ccc(-c5ccc(-c6nc(-c7cccc(-c8ccccc8)c7)c7c(n6)sc6ccccc67)cc5)cc4)c4c(n3)sc3ccccc34)c2)cc1. The molecule has 8 aromatic carbocycles. The van der Waals surface area contributed by atoms with E-state index in [4.69, 9.17) is 19.9 Å². The molecule has 0 saturated carbocycles. The molecule has 0 aliphatic carbocycles. The highest BCUT2D eigenvalue weighted by Crippen LogP contribution is 2.42. The Labute approximate surface area is 366 Å². The van der Waals surface area contributed by atoms with Gasteiger partial charge in [-0.25, -0.2) is 19.9 Å². The summed E-state index contributed by atoms with van der Waals surface area (Å²) in [6.07, 6.45) is 0. The van der Waals surface area contributed by atoms with E-state index in [1.165, 1.54) is 31.3 Å². The maximum Gasteiger partial charge on any atom is 0.161 e. The molecular formula is C56H34N4S2. The number of benzene rings is 8. The minimum atomic E-state index is 0.715. The fraction of sp³-hybridized carbons (Fsp3) is 0. The number of hydrogen-bond acceptors (Lipinski definition) is 6. The highest BCUT2D eigenvalue weighted by Gasteiger charge is 2.19. The van der Waals surface area contributed by atoms with Gasteiger partial charge in [0.1, 0.15) is 9.66 Å². The normalized spacial score (nSPS) is 11.5. The molecule has 0 saturated heterocycles. The van der Waals surface area contributed by atoms with E-state index in [9.17, 15) is 0 Å². The van der Waals surface area contributed by atoms with Crippen molar-refractivity contribution in [1.29, 1.82) is 0 Å². The molecule has 0 radical (unpaired) electrons. The summed E-state index contributed by atoms with van der Waals surface area (Å²) in [5, 5.41) is 4.55. The molecule has 290 valence electrons. The summed E-state index contributed by atoms with van der Waals surface area (Å²) >= 11 is 3.44. The van der Waals surface area contributed by atoms with E-state index >= 15 is 0 Å². The molecule has 6 heteroatoms. The molecule has 12 rings (SSSR count). The number of nitrogens with zero attached hydrogens (tertiary/aromatic N) is 4. The second-order valence-corrected chi connectivity index (χ2v) is 17.5. The summed E-state index contributed by atoms with van der Waals surface area (Å²) in [5.41, 5.74) is 12.9. The molecule has 4 nitrogen and oxygen atoms in total. The topological polar surface area (TPSA) is 51.6 Å². The Hall–Kier alpha value is -7.64. The summed E-state index contributed by atoms with van der Waals surface area (Å²) in [5.74, 6) is 1.44. The van der Waals surface area contributed by atoms with Crippen molar-refractivity contribution in [3.63, 3.8) is 0 Å². The van der Waals surface area contributed by atoms with Crippen molar-refractivity contribution in [1.82, 2.24) is 19.9 Å². The molecule has 0 fully saturated rings. The van der Waals surface area contributed by atoms with E-state index in [2.05, 4.69) is 200 Å². The minimum absolute atomic E-state index is 0.715. The molecule has 12 aromatic rings. The van der Waals surface area contributed by atoms with E-state index in [0.717, 1.165) is 82.2 Å². The first-order valence-corrected chi connectivity index (χ1v) is 22.2. The molecule has 0 N–H and O–H groups in total. The molecule has 0 aliphatic heterocycles. The molecule has 0 atom stereocenters. The van der Waals surface area contributed by atoms with Crippen LogP contribution in [-0.4, -0.2) is 19.9 Å². The third-order valence-corrected chi connectivity index (χ3v) is 13.7. The van der Waals surface area contributed by atoms with E-state index < -0.39 is 0 Å². The summed E-state index contributed by atoms with van der Waals surface area (Å²) in [6, 6.07) is 72.7. The summed E-state index contributed by atoms with van der Waals surface area (Å²) in [7, 11) is 0. The van der Waals surface area contributed by atoms with Crippen molar-refractivity contribution in [2.45, 2.75) is 0 Å². The highest BCUT2D eigenvalue weighted by atomic mass is 32.1. The van der Waals surface area contributed by atoms with Crippen LogP contribution in [0.2, 0.25) is 0 Å². The molecule has 4 aromatic heterocycles. The van der Waals surface area contributed by atoms with Crippen molar-refractivity contribution in [3.05, 3.63) is 206 Å². The molecule has 0 aliphatic rings. The smallest absolute Gasteiger partial charge is 0.161 e. The van der Waals surface area contributed by atoms with Crippen molar-refractivity contribution in [2.24, 2.45) is 0 Å². The number of aromatic nitrogens is 4. The fourth-order valence-electron chi connectivity index (χ4n) is 8.50. The summed E-state index contributed by atoms with van der Waals surface area (Å²) in [4.78, 5) is 23.0. The quantitative estimate of drug-likeness (QED) is 0.161. The number of fused-ring (bicyclic) bond motifs is 6. The first-order chi connectivity index (χ1) is 30.7. The minimum Gasteiger partial charge on any atom is -0.227 e. The van der Waals surface area contributed by atoms with E-state index in [1.54, 1.807) is 22.7 Å². The van der Waals surface area contributed by atoms with E-state index in [1.807, 2.05) is 6.07 Å². The average molecular weight is 827 g/mol. The van der Waals surface area contributed by atoms with Crippen molar-refractivity contribution in [2.75, 3.05) is 0 Å². The van der Waals surface area contributed by atoms with Gasteiger partial charge in [-0.15, -0.1) is 22.7 Å². The second kappa shape index (κ2) is 15.1. The van der Waals surface area contributed by atoms with Crippen LogP contribution >= 0.6 is 22.7 Å². The zero-order valence-corrected chi connectivity index (χ0v) is 34.9. The largest absolute Gasteiger partial charge is 0.227 e. The second-order valence-electron chi connectivity index (χ2n) is 15.4. The van der Waals surface area contributed by atoms with E-state index in [0.29, 0.717) is 5.82 Å². The zero-order valence-electron chi connectivity index (χ0n) is 33.2. The lowest BCUT2D eigenvalue weighted by Gasteiger charge is -2.11. The lowest BCUT2D eigenvalue weighted by molar-refractivity contribution is 1.24. The van der Waals surface area contributed by atoms with Gasteiger partial charge in [-0.3, -0.25) is 0 Å². The van der Waals surface area contributed by atoms with Gasteiger partial charge in [0.25, 0.3) is 0 Å². The van der Waals surface area contributed by atoms with Gasteiger partial charge < -0.3 is 0 Å². The van der Waals surface area contributed by atoms with Gasteiger partial charge in [0.05, 0.1) is 11.4 Å². The first-order valence-electron chi connectivity index (χ1n) is 20.6. The standard InChI is InChI=1S/C56H34N4S2/c1-3-13-35(14-4-1)41-17-11-19-43(33-41)52-50-46-22-8-10-24-48(46)62-56(50)59-53(58-52)40-31-27-38(28-32-40)37-25-29-39(30-26-37)51-49-45-21-7-9-23-47(45)61-55(49)60-54(57-51)44-20-12-18-42(34-44)36-15-5-2-6-16-36/h1-34H. The monoisotopic (exact) mass is 826 g/mol. The van der Waals surface area contributed by atoms with Gasteiger partial charge in [0.15, 0.2) is 11.6 Å². The lowest BCUT2D eigenvalue weighted by atomic mass is 9.99. The van der Waals surface area contributed by atoms with Gasteiger partial charge in [0, 0.05) is 53.2 Å². The van der Waals surface area contributed by atoms with Crippen LogP contribution < -0.4 is 0 Å². The molecule has 4 heterocycles. The van der Waals surface area contributed by atoms with Gasteiger partial charge in [-0.1, -0.05) is 182 Å².